The molecule has 0 unspecified atom stereocenters. The second-order valence-corrected chi connectivity index (χ2v) is 6.66. The summed E-state index contributed by atoms with van der Waals surface area (Å²) in [5.74, 6) is -0.280. The van der Waals surface area contributed by atoms with Crippen molar-refractivity contribution in [2.24, 2.45) is 5.73 Å². The first-order chi connectivity index (χ1) is 11.1. The Labute approximate surface area is 137 Å². The number of ether oxygens (including phenoxy) is 1. The standard InChI is InChI=1S/C15H17N3O4S/c16-13(19)11-8-23-12-6-10(14(20)18(11)12)17-15(21)22-7-9-4-2-1-3-5-9/h1-5,10-12H,6-8H2,(H2,16,19)(H,17,21)/t10-,11+,12+/m0/s1. The fourth-order valence-electron chi connectivity index (χ4n) is 2.77. The van der Waals surface area contributed by atoms with Crippen LogP contribution in [0.25, 0.3) is 0 Å². The van der Waals surface area contributed by atoms with Crippen molar-refractivity contribution < 1.29 is 19.1 Å². The van der Waals surface area contributed by atoms with Gasteiger partial charge < -0.3 is 20.7 Å². The molecular weight excluding hydrogens is 318 g/mol. The molecule has 3 amide bonds. The minimum absolute atomic E-state index is 0.112. The highest BCUT2D eigenvalue weighted by atomic mass is 32.2. The van der Waals surface area contributed by atoms with Crippen LogP contribution >= 0.6 is 11.8 Å². The van der Waals surface area contributed by atoms with Gasteiger partial charge in [-0.2, -0.15) is 0 Å². The molecule has 0 bridgehead atoms. The maximum atomic E-state index is 12.3. The van der Waals surface area contributed by atoms with Crippen molar-refractivity contribution in [2.45, 2.75) is 30.5 Å². The zero-order chi connectivity index (χ0) is 16.4. The van der Waals surface area contributed by atoms with E-state index in [1.54, 1.807) is 0 Å². The van der Waals surface area contributed by atoms with E-state index in [-0.39, 0.29) is 17.9 Å². The molecule has 2 aliphatic heterocycles. The molecule has 8 heteroatoms. The number of amides is 3. The van der Waals surface area contributed by atoms with E-state index in [2.05, 4.69) is 5.32 Å². The van der Waals surface area contributed by atoms with Crippen LogP contribution in [0, 0.1) is 0 Å². The van der Waals surface area contributed by atoms with Gasteiger partial charge in [-0.25, -0.2) is 4.79 Å². The largest absolute Gasteiger partial charge is 0.445 e. The first-order valence-electron chi connectivity index (χ1n) is 7.26. The summed E-state index contributed by atoms with van der Waals surface area (Å²) in [5.41, 5.74) is 6.18. The molecule has 3 atom stereocenters. The van der Waals surface area contributed by atoms with Gasteiger partial charge in [0, 0.05) is 12.2 Å². The van der Waals surface area contributed by atoms with Crippen LogP contribution in [0.3, 0.4) is 0 Å². The van der Waals surface area contributed by atoms with E-state index in [0.29, 0.717) is 12.2 Å². The Hall–Kier alpha value is -2.22. The van der Waals surface area contributed by atoms with Crippen LogP contribution in [-0.2, 0) is 20.9 Å². The number of nitrogens with one attached hydrogen (secondary N) is 1. The lowest BCUT2D eigenvalue weighted by Crippen LogP contribution is -2.48. The van der Waals surface area contributed by atoms with Crippen LogP contribution in [0.4, 0.5) is 4.79 Å². The SMILES string of the molecule is NC(=O)[C@H]1CS[C@@H]2C[C@H](NC(=O)OCc3ccccc3)C(=O)N12. The molecule has 0 aliphatic carbocycles. The van der Waals surface area contributed by atoms with Crippen molar-refractivity contribution in [1.29, 1.82) is 0 Å². The lowest BCUT2D eigenvalue weighted by molar-refractivity contribution is -0.136. The molecule has 0 spiro atoms. The number of alkyl carbamates (subject to hydrolysis) is 1. The van der Waals surface area contributed by atoms with Crippen LogP contribution in [0.1, 0.15) is 12.0 Å². The summed E-state index contributed by atoms with van der Waals surface area (Å²) >= 11 is 1.51. The van der Waals surface area contributed by atoms with Gasteiger partial charge in [-0.3, -0.25) is 9.59 Å². The smallest absolute Gasteiger partial charge is 0.408 e. The van der Waals surface area contributed by atoms with Gasteiger partial charge in [0.15, 0.2) is 0 Å². The summed E-state index contributed by atoms with van der Waals surface area (Å²) in [6.07, 6.45) is -0.192. The molecule has 0 radical (unpaired) electrons. The van der Waals surface area contributed by atoms with Crippen molar-refractivity contribution in [1.82, 2.24) is 10.2 Å². The number of fused-ring (bicyclic) bond motifs is 1. The Morgan fingerprint density at radius 3 is 2.78 bits per heavy atom. The average molecular weight is 335 g/mol. The number of carbonyl (C=O) groups excluding carboxylic acids is 3. The van der Waals surface area contributed by atoms with Gasteiger partial charge in [0.2, 0.25) is 11.8 Å². The van der Waals surface area contributed by atoms with Crippen LogP contribution < -0.4 is 11.1 Å². The second kappa shape index (κ2) is 6.49. The van der Waals surface area contributed by atoms with E-state index in [0.717, 1.165) is 5.56 Å². The molecule has 2 fully saturated rings. The molecule has 7 nitrogen and oxygen atoms in total. The monoisotopic (exact) mass is 335 g/mol. The zero-order valence-corrected chi connectivity index (χ0v) is 13.1. The van der Waals surface area contributed by atoms with E-state index < -0.39 is 24.1 Å². The summed E-state index contributed by atoms with van der Waals surface area (Å²) in [6, 6.07) is 8.01. The fourth-order valence-corrected chi connectivity index (χ4v) is 4.24. The molecule has 2 aliphatic rings. The molecule has 1 aromatic rings. The molecule has 0 aromatic heterocycles. The first kappa shape index (κ1) is 15.7. The first-order valence-corrected chi connectivity index (χ1v) is 8.31. The highest BCUT2D eigenvalue weighted by Crippen LogP contribution is 2.37. The number of hydrogen-bond donors (Lipinski definition) is 2. The molecule has 0 saturated carbocycles. The number of nitrogens with zero attached hydrogens (tertiary/aromatic N) is 1. The van der Waals surface area contributed by atoms with Crippen molar-refractivity contribution in [3.8, 4) is 0 Å². The Morgan fingerprint density at radius 1 is 1.35 bits per heavy atom. The maximum Gasteiger partial charge on any atom is 0.408 e. The molecule has 122 valence electrons. The third-order valence-corrected chi connectivity index (χ3v) is 5.23. The Morgan fingerprint density at radius 2 is 2.09 bits per heavy atom. The Bertz CT molecular complexity index is 624. The summed E-state index contributed by atoms with van der Waals surface area (Å²) < 4.78 is 5.12. The number of thioether (sulfide) groups is 1. The second-order valence-electron chi connectivity index (χ2n) is 5.45. The molecular formula is C15H17N3O4S. The molecule has 3 rings (SSSR count). The number of benzene rings is 1. The molecule has 1 aromatic carbocycles. The minimum atomic E-state index is -0.669. The number of rotatable bonds is 4. The van der Waals surface area contributed by atoms with Crippen molar-refractivity contribution in [2.75, 3.05) is 5.75 Å². The number of hydrogen-bond acceptors (Lipinski definition) is 5. The van der Waals surface area contributed by atoms with Gasteiger partial charge >= 0.3 is 6.09 Å². The van der Waals surface area contributed by atoms with Gasteiger partial charge in [-0.05, 0) is 5.56 Å². The van der Waals surface area contributed by atoms with Gasteiger partial charge in [0.05, 0.1) is 5.37 Å². The highest BCUT2D eigenvalue weighted by molar-refractivity contribution is 8.00. The third-order valence-electron chi connectivity index (χ3n) is 3.92. The van der Waals surface area contributed by atoms with E-state index in [1.165, 1.54) is 16.7 Å². The van der Waals surface area contributed by atoms with Crippen molar-refractivity contribution in [3.05, 3.63) is 35.9 Å². The maximum absolute atomic E-state index is 12.3. The summed E-state index contributed by atoms with van der Waals surface area (Å²) in [7, 11) is 0. The molecule has 2 saturated heterocycles. The normalized spacial score (nSPS) is 26.0. The van der Waals surface area contributed by atoms with E-state index >= 15 is 0 Å². The van der Waals surface area contributed by atoms with E-state index in [4.69, 9.17) is 10.5 Å². The summed E-state index contributed by atoms with van der Waals surface area (Å²) in [5, 5.41) is 2.46. The van der Waals surface area contributed by atoms with Gasteiger partial charge in [0.1, 0.15) is 18.7 Å². The number of primary amides is 1. The zero-order valence-electron chi connectivity index (χ0n) is 12.3. The predicted molar refractivity (Wildman–Crippen MR) is 84.2 cm³/mol. The number of nitrogens with two attached hydrogens (primary N) is 1. The van der Waals surface area contributed by atoms with E-state index in [1.807, 2.05) is 30.3 Å². The lowest BCUT2D eigenvalue weighted by atomic mass is 10.2. The molecule has 23 heavy (non-hydrogen) atoms. The highest BCUT2D eigenvalue weighted by Gasteiger charge is 2.49. The fraction of sp³-hybridized carbons (Fsp3) is 0.400. The number of carbonyl (C=O) groups is 3. The average Bonchev–Trinajstić information content (AvgIpc) is 3.08. The molecule has 2 heterocycles. The molecule has 3 N–H and O–H groups in total. The topological polar surface area (TPSA) is 102 Å². The van der Waals surface area contributed by atoms with Crippen LogP contribution in [-0.4, -0.2) is 46.0 Å². The predicted octanol–water partition coefficient (Wildman–Crippen LogP) is 0.440. The quantitative estimate of drug-likeness (QED) is 0.831. The van der Waals surface area contributed by atoms with Crippen LogP contribution in [0.2, 0.25) is 0 Å². The van der Waals surface area contributed by atoms with Crippen molar-refractivity contribution >= 4 is 29.7 Å². The summed E-state index contributed by atoms with van der Waals surface area (Å²) in [6.45, 7) is 0.138. The van der Waals surface area contributed by atoms with Crippen LogP contribution in [0.15, 0.2) is 30.3 Å². The third kappa shape index (κ3) is 3.26. The lowest BCUT2D eigenvalue weighted by Gasteiger charge is -2.20. The van der Waals surface area contributed by atoms with Gasteiger partial charge in [0.25, 0.3) is 0 Å². The Kier molecular flexibility index (Phi) is 4.42. The van der Waals surface area contributed by atoms with Crippen molar-refractivity contribution in [3.63, 3.8) is 0 Å². The summed E-state index contributed by atoms with van der Waals surface area (Å²) in [4.78, 5) is 37.1. The van der Waals surface area contributed by atoms with Crippen LogP contribution in [0.5, 0.6) is 0 Å². The van der Waals surface area contributed by atoms with Gasteiger partial charge in [-0.1, -0.05) is 30.3 Å². The Balaban J connectivity index is 1.54. The van der Waals surface area contributed by atoms with E-state index in [9.17, 15) is 14.4 Å². The van der Waals surface area contributed by atoms with Gasteiger partial charge in [-0.15, -0.1) is 11.8 Å². The minimum Gasteiger partial charge on any atom is -0.445 e.